The summed E-state index contributed by atoms with van der Waals surface area (Å²) in [6, 6.07) is 0.573. The normalized spacial score (nSPS) is 25.3. The number of piperidine rings is 1. The first kappa shape index (κ1) is 12.4. The fourth-order valence-corrected chi connectivity index (χ4v) is 2.61. The highest BCUT2D eigenvalue weighted by atomic mass is 15.3. The van der Waals surface area contributed by atoms with E-state index in [9.17, 15) is 0 Å². The fourth-order valence-electron chi connectivity index (χ4n) is 2.61. The molecule has 1 aromatic rings. The Labute approximate surface area is 104 Å². The van der Waals surface area contributed by atoms with E-state index in [0.29, 0.717) is 12.0 Å². The van der Waals surface area contributed by atoms with Crippen LogP contribution in [0.1, 0.15) is 32.4 Å². The van der Waals surface area contributed by atoms with Gasteiger partial charge in [-0.3, -0.25) is 0 Å². The zero-order valence-corrected chi connectivity index (χ0v) is 11.2. The molecule has 2 heterocycles. The zero-order valence-electron chi connectivity index (χ0n) is 11.2. The predicted molar refractivity (Wildman–Crippen MR) is 71.2 cm³/mol. The second-order valence-corrected chi connectivity index (χ2v) is 5.18. The average molecular weight is 236 g/mol. The fraction of sp³-hybridized carbons (Fsp3) is 0.769. The number of imidazole rings is 1. The van der Waals surface area contributed by atoms with Gasteiger partial charge in [0.1, 0.15) is 0 Å². The summed E-state index contributed by atoms with van der Waals surface area (Å²) < 4.78 is 2.15. The molecule has 2 atom stereocenters. The molecule has 0 bridgehead atoms. The highest BCUT2D eigenvalue weighted by molar-refractivity contribution is 5.35. The van der Waals surface area contributed by atoms with Crippen LogP contribution in [0.15, 0.2) is 6.20 Å². The number of aromatic nitrogens is 2. The summed E-state index contributed by atoms with van der Waals surface area (Å²) in [5.74, 6) is 1.72. The van der Waals surface area contributed by atoms with Crippen LogP contribution in [-0.4, -0.2) is 28.7 Å². The van der Waals surface area contributed by atoms with E-state index in [4.69, 9.17) is 10.7 Å². The molecule has 96 valence electrons. The molecule has 4 heteroatoms. The van der Waals surface area contributed by atoms with Gasteiger partial charge in [0.05, 0.1) is 5.69 Å². The van der Waals surface area contributed by atoms with E-state index < -0.39 is 0 Å². The van der Waals surface area contributed by atoms with Crippen LogP contribution in [0.5, 0.6) is 0 Å². The Kier molecular flexibility index (Phi) is 3.72. The minimum absolute atomic E-state index is 0.573. The number of hydrogen-bond donors (Lipinski definition) is 1. The van der Waals surface area contributed by atoms with E-state index in [1.165, 1.54) is 18.5 Å². The molecule has 0 amide bonds. The van der Waals surface area contributed by atoms with Gasteiger partial charge in [0.2, 0.25) is 5.95 Å². The molecule has 0 aliphatic carbocycles. The molecule has 1 fully saturated rings. The van der Waals surface area contributed by atoms with Crippen molar-refractivity contribution in [3.63, 3.8) is 0 Å². The quantitative estimate of drug-likeness (QED) is 0.866. The highest BCUT2D eigenvalue weighted by Crippen LogP contribution is 2.26. The van der Waals surface area contributed by atoms with Gasteiger partial charge in [0, 0.05) is 25.8 Å². The van der Waals surface area contributed by atoms with E-state index >= 15 is 0 Å². The third kappa shape index (κ3) is 2.46. The minimum atomic E-state index is 0.573. The summed E-state index contributed by atoms with van der Waals surface area (Å²) in [6.07, 6.45) is 5.60. The van der Waals surface area contributed by atoms with Crippen molar-refractivity contribution < 1.29 is 0 Å². The highest BCUT2D eigenvalue weighted by Gasteiger charge is 2.27. The van der Waals surface area contributed by atoms with Gasteiger partial charge in [-0.15, -0.1) is 0 Å². The van der Waals surface area contributed by atoms with Crippen LogP contribution in [-0.2, 0) is 13.5 Å². The Bertz CT molecular complexity index is 371. The van der Waals surface area contributed by atoms with Crippen molar-refractivity contribution in [3.8, 4) is 0 Å². The molecule has 2 unspecified atom stereocenters. The lowest BCUT2D eigenvalue weighted by molar-refractivity contribution is 0.367. The maximum Gasteiger partial charge on any atom is 0.205 e. The van der Waals surface area contributed by atoms with Crippen LogP contribution in [0.3, 0.4) is 0 Å². The summed E-state index contributed by atoms with van der Waals surface area (Å²) in [7, 11) is 2.08. The Morgan fingerprint density at radius 1 is 1.47 bits per heavy atom. The van der Waals surface area contributed by atoms with Crippen molar-refractivity contribution >= 4 is 5.95 Å². The molecule has 17 heavy (non-hydrogen) atoms. The number of aryl methyl sites for hydroxylation is 2. The third-order valence-electron chi connectivity index (χ3n) is 3.83. The Balaban J connectivity index is 2.20. The predicted octanol–water partition coefficient (Wildman–Crippen LogP) is 1.55. The molecular weight excluding hydrogens is 212 g/mol. The van der Waals surface area contributed by atoms with Crippen molar-refractivity contribution in [2.24, 2.45) is 18.7 Å². The lowest BCUT2D eigenvalue weighted by Gasteiger charge is -2.38. The van der Waals surface area contributed by atoms with Gasteiger partial charge in [0.15, 0.2) is 0 Å². The third-order valence-corrected chi connectivity index (χ3v) is 3.83. The van der Waals surface area contributed by atoms with Crippen LogP contribution in [0.25, 0.3) is 0 Å². The van der Waals surface area contributed by atoms with Gasteiger partial charge in [0.25, 0.3) is 0 Å². The molecule has 1 aromatic heterocycles. The molecule has 1 saturated heterocycles. The summed E-state index contributed by atoms with van der Waals surface area (Å²) in [5, 5.41) is 0. The smallest absolute Gasteiger partial charge is 0.205 e. The van der Waals surface area contributed by atoms with Crippen LogP contribution in [0.4, 0.5) is 5.95 Å². The van der Waals surface area contributed by atoms with E-state index in [1.54, 1.807) is 0 Å². The van der Waals surface area contributed by atoms with Gasteiger partial charge < -0.3 is 15.2 Å². The van der Waals surface area contributed by atoms with Gasteiger partial charge in [-0.1, -0.05) is 6.92 Å². The molecule has 2 N–H and O–H groups in total. The number of anilines is 1. The first-order valence-electron chi connectivity index (χ1n) is 6.64. The maximum atomic E-state index is 5.80. The maximum absolute atomic E-state index is 5.80. The Morgan fingerprint density at radius 2 is 2.24 bits per heavy atom. The van der Waals surface area contributed by atoms with E-state index in [-0.39, 0.29) is 0 Å². The van der Waals surface area contributed by atoms with Gasteiger partial charge >= 0.3 is 0 Å². The van der Waals surface area contributed by atoms with Gasteiger partial charge in [-0.25, -0.2) is 4.98 Å². The molecule has 0 saturated carbocycles. The molecular formula is C13H24N4. The van der Waals surface area contributed by atoms with Gasteiger partial charge in [-0.2, -0.15) is 0 Å². The summed E-state index contributed by atoms with van der Waals surface area (Å²) >= 11 is 0. The Hall–Kier alpha value is -1.03. The summed E-state index contributed by atoms with van der Waals surface area (Å²) in [4.78, 5) is 7.14. The minimum Gasteiger partial charge on any atom is -0.339 e. The first-order valence-corrected chi connectivity index (χ1v) is 6.64. The molecule has 1 aliphatic rings. The van der Waals surface area contributed by atoms with Crippen molar-refractivity contribution in [2.45, 2.75) is 39.2 Å². The number of rotatable bonds is 3. The molecule has 1 aliphatic heterocycles. The van der Waals surface area contributed by atoms with E-state index in [0.717, 1.165) is 25.5 Å². The topological polar surface area (TPSA) is 47.1 Å². The van der Waals surface area contributed by atoms with Crippen molar-refractivity contribution in [1.29, 1.82) is 0 Å². The standard InChI is InChI=1S/C13H24N4/c1-4-12-9-16(3)13(15-12)17-8-11(7-14)6-5-10(17)2/h9-11H,4-8,14H2,1-3H3. The molecule has 2 rings (SSSR count). The van der Waals surface area contributed by atoms with E-state index in [2.05, 4.69) is 36.6 Å². The summed E-state index contributed by atoms with van der Waals surface area (Å²) in [5.41, 5.74) is 6.98. The van der Waals surface area contributed by atoms with E-state index in [1.807, 2.05) is 0 Å². The molecule has 0 radical (unpaired) electrons. The molecule has 4 nitrogen and oxygen atoms in total. The Morgan fingerprint density at radius 3 is 2.82 bits per heavy atom. The molecule has 0 spiro atoms. The van der Waals surface area contributed by atoms with Crippen LogP contribution in [0, 0.1) is 5.92 Å². The average Bonchev–Trinajstić information content (AvgIpc) is 2.71. The SMILES string of the molecule is CCc1cn(C)c(N2CC(CN)CCC2C)n1. The molecule has 0 aromatic carbocycles. The second kappa shape index (κ2) is 5.08. The zero-order chi connectivity index (χ0) is 12.4. The largest absolute Gasteiger partial charge is 0.339 e. The number of hydrogen-bond acceptors (Lipinski definition) is 3. The summed E-state index contributed by atoms with van der Waals surface area (Å²) in [6.45, 7) is 6.27. The lowest BCUT2D eigenvalue weighted by Crippen LogP contribution is -2.45. The van der Waals surface area contributed by atoms with Crippen molar-refractivity contribution in [3.05, 3.63) is 11.9 Å². The number of nitrogens with zero attached hydrogens (tertiary/aromatic N) is 3. The number of nitrogens with two attached hydrogens (primary N) is 1. The monoisotopic (exact) mass is 236 g/mol. The van der Waals surface area contributed by atoms with Crippen molar-refractivity contribution in [1.82, 2.24) is 9.55 Å². The van der Waals surface area contributed by atoms with Crippen LogP contribution >= 0.6 is 0 Å². The lowest BCUT2D eigenvalue weighted by atomic mass is 9.94. The van der Waals surface area contributed by atoms with Crippen LogP contribution < -0.4 is 10.6 Å². The van der Waals surface area contributed by atoms with Crippen molar-refractivity contribution in [2.75, 3.05) is 18.0 Å². The van der Waals surface area contributed by atoms with Gasteiger partial charge in [-0.05, 0) is 38.6 Å². The van der Waals surface area contributed by atoms with Crippen LogP contribution in [0.2, 0.25) is 0 Å². The second-order valence-electron chi connectivity index (χ2n) is 5.18. The first-order chi connectivity index (χ1) is 8.15.